The average molecular weight is 312 g/mol. The average Bonchev–Trinajstić information content (AvgIpc) is 3.31. The van der Waals surface area contributed by atoms with Gasteiger partial charge in [0.2, 0.25) is 10.0 Å². The quantitative estimate of drug-likeness (QED) is 0.678. The third-order valence-electron chi connectivity index (χ3n) is 4.03. The first-order valence-corrected chi connectivity index (χ1v) is 8.86. The van der Waals surface area contributed by atoms with E-state index in [-0.39, 0.29) is 17.5 Å². The van der Waals surface area contributed by atoms with Crippen molar-refractivity contribution in [1.82, 2.24) is 10.0 Å². The van der Waals surface area contributed by atoms with E-state index in [1.807, 2.05) is 13.0 Å². The van der Waals surface area contributed by atoms with Gasteiger partial charge in [0.05, 0.1) is 4.90 Å². The largest absolute Gasteiger partial charge is 0.396 e. The molecule has 0 saturated heterocycles. The lowest BCUT2D eigenvalue weighted by atomic mass is 10.0. The second-order valence-electron chi connectivity index (χ2n) is 5.62. The van der Waals surface area contributed by atoms with Crippen molar-refractivity contribution in [3.63, 3.8) is 0 Å². The molecule has 0 aromatic heterocycles. The van der Waals surface area contributed by atoms with Gasteiger partial charge in [0.25, 0.3) is 0 Å². The van der Waals surface area contributed by atoms with Gasteiger partial charge in [-0.3, -0.25) is 0 Å². The standard InChI is InChI=1S/C15H24N2O3S/c1-11(17-15(8-9-18)12-6-7-12)13-4-3-5-14(10-13)21(19,20)16-2/h3-5,10-12,15-18H,6-9H2,1-2H3. The molecule has 1 aromatic carbocycles. The first-order chi connectivity index (χ1) is 9.97. The highest BCUT2D eigenvalue weighted by atomic mass is 32.2. The van der Waals surface area contributed by atoms with Gasteiger partial charge < -0.3 is 10.4 Å². The zero-order valence-electron chi connectivity index (χ0n) is 12.5. The lowest BCUT2D eigenvalue weighted by Crippen LogP contribution is -2.34. The second kappa shape index (κ2) is 6.87. The SMILES string of the molecule is CNS(=O)(=O)c1cccc(C(C)NC(CCO)C2CC2)c1. The summed E-state index contributed by atoms with van der Waals surface area (Å²) in [4.78, 5) is 0.279. The Kier molecular flexibility index (Phi) is 5.37. The first-order valence-electron chi connectivity index (χ1n) is 7.38. The molecular formula is C15H24N2O3S. The van der Waals surface area contributed by atoms with Crippen LogP contribution in [0.1, 0.15) is 37.8 Å². The molecule has 1 aromatic rings. The molecule has 1 aliphatic carbocycles. The molecule has 5 nitrogen and oxygen atoms in total. The molecule has 2 unspecified atom stereocenters. The van der Waals surface area contributed by atoms with E-state index in [4.69, 9.17) is 5.11 Å². The fraction of sp³-hybridized carbons (Fsp3) is 0.600. The molecule has 0 heterocycles. The number of sulfonamides is 1. The van der Waals surface area contributed by atoms with Crippen LogP contribution in [0.5, 0.6) is 0 Å². The summed E-state index contributed by atoms with van der Waals surface area (Å²) in [5.74, 6) is 0.642. The topological polar surface area (TPSA) is 78.4 Å². The lowest BCUT2D eigenvalue weighted by molar-refractivity contribution is 0.250. The van der Waals surface area contributed by atoms with Crippen molar-refractivity contribution in [2.75, 3.05) is 13.7 Å². The van der Waals surface area contributed by atoms with Crippen LogP contribution in [0, 0.1) is 5.92 Å². The Morgan fingerprint density at radius 3 is 2.67 bits per heavy atom. The highest BCUT2D eigenvalue weighted by molar-refractivity contribution is 7.89. The highest BCUT2D eigenvalue weighted by Gasteiger charge is 2.31. The summed E-state index contributed by atoms with van der Waals surface area (Å²) >= 11 is 0. The maximum absolute atomic E-state index is 11.9. The molecule has 0 aliphatic heterocycles. The third-order valence-corrected chi connectivity index (χ3v) is 5.44. The van der Waals surface area contributed by atoms with Crippen molar-refractivity contribution in [2.24, 2.45) is 5.92 Å². The molecule has 0 amide bonds. The van der Waals surface area contributed by atoms with E-state index in [1.165, 1.54) is 19.9 Å². The summed E-state index contributed by atoms with van der Waals surface area (Å²) in [5, 5.41) is 12.7. The van der Waals surface area contributed by atoms with E-state index in [9.17, 15) is 8.42 Å². The number of nitrogens with one attached hydrogen (secondary N) is 2. The molecule has 1 aliphatic rings. The van der Waals surface area contributed by atoms with Gasteiger partial charge in [-0.1, -0.05) is 12.1 Å². The van der Waals surface area contributed by atoms with Crippen LogP contribution in [0.15, 0.2) is 29.2 Å². The van der Waals surface area contributed by atoms with Crippen molar-refractivity contribution in [2.45, 2.75) is 43.2 Å². The lowest BCUT2D eigenvalue weighted by Gasteiger charge is -2.23. The molecule has 0 spiro atoms. The second-order valence-corrected chi connectivity index (χ2v) is 7.51. The minimum absolute atomic E-state index is 0.0501. The zero-order valence-corrected chi connectivity index (χ0v) is 13.4. The minimum atomic E-state index is -3.41. The summed E-state index contributed by atoms with van der Waals surface area (Å²) in [6.45, 7) is 2.20. The Bertz CT molecular complexity index is 570. The van der Waals surface area contributed by atoms with Crippen LogP contribution in [0.4, 0.5) is 0 Å². The van der Waals surface area contributed by atoms with Gasteiger partial charge in [0, 0.05) is 18.7 Å². The van der Waals surface area contributed by atoms with E-state index >= 15 is 0 Å². The minimum Gasteiger partial charge on any atom is -0.396 e. The Morgan fingerprint density at radius 2 is 2.10 bits per heavy atom. The van der Waals surface area contributed by atoms with Crippen LogP contribution in [0.25, 0.3) is 0 Å². The predicted octanol–water partition coefficient (Wildman–Crippen LogP) is 1.41. The normalized spacial score (nSPS) is 18.4. The third kappa shape index (κ3) is 4.26. The number of aliphatic hydroxyl groups excluding tert-OH is 1. The number of aliphatic hydroxyl groups is 1. The Balaban J connectivity index is 2.11. The van der Waals surface area contributed by atoms with E-state index in [0.717, 1.165) is 12.0 Å². The molecule has 0 bridgehead atoms. The smallest absolute Gasteiger partial charge is 0.240 e. The maximum atomic E-state index is 11.9. The van der Waals surface area contributed by atoms with E-state index in [0.29, 0.717) is 12.0 Å². The van der Waals surface area contributed by atoms with Gasteiger partial charge in [0.1, 0.15) is 0 Å². The molecular weight excluding hydrogens is 288 g/mol. The summed E-state index contributed by atoms with van der Waals surface area (Å²) in [7, 11) is -2.00. The van der Waals surface area contributed by atoms with Crippen molar-refractivity contribution in [3.8, 4) is 0 Å². The highest BCUT2D eigenvalue weighted by Crippen LogP contribution is 2.35. The van der Waals surface area contributed by atoms with Crippen LogP contribution in [-0.2, 0) is 10.0 Å². The molecule has 2 atom stereocenters. The van der Waals surface area contributed by atoms with Gasteiger partial charge in [-0.25, -0.2) is 13.1 Å². The van der Waals surface area contributed by atoms with Crippen molar-refractivity contribution in [3.05, 3.63) is 29.8 Å². The molecule has 1 fully saturated rings. The summed E-state index contributed by atoms with van der Waals surface area (Å²) in [6.07, 6.45) is 3.15. The van der Waals surface area contributed by atoms with Crippen molar-refractivity contribution < 1.29 is 13.5 Å². The van der Waals surface area contributed by atoms with Crippen molar-refractivity contribution >= 4 is 10.0 Å². The van der Waals surface area contributed by atoms with Gasteiger partial charge in [-0.15, -0.1) is 0 Å². The molecule has 21 heavy (non-hydrogen) atoms. The fourth-order valence-electron chi connectivity index (χ4n) is 2.58. The molecule has 118 valence electrons. The van der Waals surface area contributed by atoms with Gasteiger partial charge in [-0.2, -0.15) is 0 Å². The van der Waals surface area contributed by atoms with E-state index < -0.39 is 10.0 Å². The molecule has 1 saturated carbocycles. The zero-order chi connectivity index (χ0) is 15.5. The van der Waals surface area contributed by atoms with Crippen LogP contribution in [0.2, 0.25) is 0 Å². The van der Waals surface area contributed by atoms with Gasteiger partial charge in [-0.05, 0) is 56.8 Å². The van der Waals surface area contributed by atoms with Crippen LogP contribution in [-0.4, -0.2) is 33.2 Å². The predicted molar refractivity (Wildman–Crippen MR) is 82.5 cm³/mol. The molecule has 2 rings (SSSR count). The first kappa shape index (κ1) is 16.4. The number of hydrogen-bond acceptors (Lipinski definition) is 4. The molecule has 3 N–H and O–H groups in total. The summed E-state index contributed by atoms with van der Waals surface area (Å²) < 4.78 is 26.0. The van der Waals surface area contributed by atoms with E-state index in [2.05, 4.69) is 10.0 Å². The number of benzene rings is 1. The number of hydrogen-bond donors (Lipinski definition) is 3. The van der Waals surface area contributed by atoms with Crippen LogP contribution >= 0.6 is 0 Å². The van der Waals surface area contributed by atoms with Crippen LogP contribution in [0.3, 0.4) is 0 Å². The molecule has 0 radical (unpaired) electrons. The van der Waals surface area contributed by atoms with Crippen molar-refractivity contribution in [1.29, 1.82) is 0 Å². The summed E-state index contributed by atoms with van der Waals surface area (Å²) in [5.41, 5.74) is 0.940. The fourth-order valence-corrected chi connectivity index (χ4v) is 3.36. The Morgan fingerprint density at radius 1 is 1.38 bits per heavy atom. The van der Waals surface area contributed by atoms with Gasteiger partial charge >= 0.3 is 0 Å². The monoisotopic (exact) mass is 312 g/mol. The number of rotatable bonds is 8. The van der Waals surface area contributed by atoms with E-state index in [1.54, 1.807) is 18.2 Å². The Labute approximate surface area is 126 Å². The summed E-state index contributed by atoms with van der Waals surface area (Å²) in [6, 6.07) is 7.33. The van der Waals surface area contributed by atoms with Crippen LogP contribution < -0.4 is 10.0 Å². The maximum Gasteiger partial charge on any atom is 0.240 e. The van der Waals surface area contributed by atoms with Gasteiger partial charge in [0.15, 0.2) is 0 Å². The molecule has 6 heteroatoms. The Hall–Kier alpha value is -0.950.